The van der Waals surface area contributed by atoms with E-state index in [0.717, 1.165) is 37.8 Å². The van der Waals surface area contributed by atoms with E-state index in [4.69, 9.17) is 0 Å². The maximum absolute atomic E-state index is 12.3. The summed E-state index contributed by atoms with van der Waals surface area (Å²) in [6.07, 6.45) is 6.13. The van der Waals surface area contributed by atoms with Gasteiger partial charge in [0.2, 0.25) is 5.91 Å². The van der Waals surface area contributed by atoms with Crippen LogP contribution in [0.4, 0.5) is 0 Å². The van der Waals surface area contributed by atoms with Crippen molar-refractivity contribution in [3.05, 3.63) is 30.1 Å². The smallest absolute Gasteiger partial charge is 0.251 e. The van der Waals surface area contributed by atoms with Gasteiger partial charge in [-0.15, -0.1) is 0 Å². The second-order valence-corrected chi connectivity index (χ2v) is 6.90. The summed E-state index contributed by atoms with van der Waals surface area (Å²) in [7, 11) is 0. The van der Waals surface area contributed by atoms with Crippen LogP contribution in [0.5, 0.6) is 0 Å². The number of likely N-dealkylation sites (tertiary alicyclic amines) is 1. The van der Waals surface area contributed by atoms with Gasteiger partial charge < -0.3 is 15.3 Å². The first-order chi connectivity index (χ1) is 11.6. The summed E-state index contributed by atoms with van der Waals surface area (Å²) in [4.78, 5) is 30.3. The van der Waals surface area contributed by atoms with Gasteiger partial charge >= 0.3 is 0 Å². The van der Waals surface area contributed by atoms with Gasteiger partial charge in [-0.2, -0.15) is 0 Å². The van der Waals surface area contributed by atoms with Crippen molar-refractivity contribution >= 4 is 11.8 Å². The highest BCUT2D eigenvalue weighted by atomic mass is 16.3. The summed E-state index contributed by atoms with van der Waals surface area (Å²) in [5.41, 5.74) is 0.956. The van der Waals surface area contributed by atoms with Gasteiger partial charge in [-0.1, -0.05) is 12.5 Å². The highest BCUT2D eigenvalue weighted by Gasteiger charge is 2.40. The molecule has 6 nitrogen and oxygen atoms in total. The number of hydrogen-bond acceptors (Lipinski definition) is 4. The summed E-state index contributed by atoms with van der Waals surface area (Å²) < 4.78 is 0. The van der Waals surface area contributed by atoms with E-state index in [-0.39, 0.29) is 23.8 Å². The number of aliphatic hydroxyl groups is 1. The molecule has 2 heterocycles. The fourth-order valence-electron chi connectivity index (χ4n) is 3.54. The van der Waals surface area contributed by atoms with Crippen molar-refractivity contribution in [2.45, 2.75) is 50.0 Å². The van der Waals surface area contributed by atoms with Crippen molar-refractivity contribution in [2.24, 2.45) is 0 Å². The predicted molar refractivity (Wildman–Crippen MR) is 89.2 cm³/mol. The van der Waals surface area contributed by atoms with E-state index in [0.29, 0.717) is 19.5 Å². The molecular weight excluding hydrogens is 306 g/mol. The molecule has 0 radical (unpaired) electrons. The van der Waals surface area contributed by atoms with E-state index in [2.05, 4.69) is 10.3 Å². The molecule has 0 bridgehead atoms. The number of aliphatic hydroxyl groups excluding tert-OH is 1. The van der Waals surface area contributed by atoms with Crippen molar-refractivity contribution in [3.8, 4) is 0 Å². The minimum atomic E-state index is -0.966. The zero-order valence-electron chi connectivity index (χ0n) is 13.9. The predicted octanol–water partition coefficient (Wildman–Crippen LogP) is 0.993. The lowest BCUT2D eigenvalue weighted by atomic mass is 9.66. The van der Waals surface area contributed by atoms with Crippen LogP contribution in [0.25, 0.3) is 0 Å². The molecule has 1 aromatic heterocycles. The third-order valence-electron chi connectivity index (χ3n) is 5.23. The van der Waals surface area contributed by atoms with Crippen LogP contribution in [0.2, 0.25) is 0 Å². The first-order valence-electron chi connectivity index (χ1n) is 8.76. The number of carbonyl (C=O) groups excluding carboxylic acids is 2. The maximum atomic E-state index is 12.3. The van der Waals surface area contributed by atoms with Crippen LogP contribution in [-0.2, 0) is 15.0 Å². The quantitative estimate of drug-likeness (QED) is 0.843. The fraction of sp³-hybridized carbons (Fsp3) is 0.611. The SMILES string of the molecule is O=C(CN1CCCCC(O)C1=O)NCC1(c2ccccn2)CCC1. The topological polar surface area (TPSA) is 82.5 Å². The van der Waals surface area contributed by atoms with Crippen LogP contribution in [0.1, 0.15) is 44.2 Å². The molecule has 1 saturated heterocycles. The Morgan fingerprint density at radius 1 is 1.33 bits per heavy atom. The minimum absolute atomic E-state index is 0.0220. The van der Waals surface area contributed by atoms with Gasteiger partial charge in [0, 0.05) is 30.4 Å². The summed E-state index contributed by atoms with van der Waals surface area (Å²) >= 11 is 0. The van der Waals surface area contributed by atoms with Gasteiger partial charge in [-0.25, -0.2) is 0 Å². The first kappa shape index (κ1) is 16.9. The standard InChI is InChI=1S/C18H25N3O3/c22-14-6-2-4-11-21(17(14)24)12-16(23)20-13-18(8-5-9-18)15-7-1-3-10-19-15/h1,3,7,10,14,22H,2,4-6,8-9,11-13H2,(H,20,23). The molecule has 1 unspecified atom stereocenters. The summed E-state index contributed by atoms with van der Waals surface area (Å²) in [5, 5.41) is 12.7. The van der Waals surface area contributed by atoms with Gasteiger partial charge in [-0.05, 0) is 44.2 Å². The Kier molecular flexibility index (Phi) is 5.14. The molecule has 6 heteroatoms. The van der Waals surface area contributed by atoms with Crippen LogP contribution >= 0.6 is 0 Å². The third-order valence-corrected chi connectivity index (χ3v) is 5.23. The normalized spacial score (nSPS) is 23.3. The molecule has 2 amide bonds. The van der Waals surface area contributed by atoms with Crippen molar-refractivity contribution in [1.29, 1.82) is 0 Å². The highest BCUT2D eigenvalue weighted by molar-refractivity contribution is 5.87. The van der Waals surface area contributed by atoms with Crippen molar-refractivity contribution < 1.29 is 14.7 Å². The number of carbonyl (C=O) groups is 2. The van der Waals surface area contributed by atoms with Gasteiger partial charge in [-0.3, -0.25) is 14.6 Å². The average Bonchev–Trinajstić information content (AvgIpc) is 2.71. The Morgan fingerprint density at radius 3 is 2.83 bits per heavy atom. The number of rotatable bonds is 5. The molecule has 1 atom stereocenters. The van der Waals surface area contributed by atoms with E-state index < -0.39 is 6.10 Å². The molecule has 0 spiro atoms. The van der Waals surface area contributed by atoms with Crippen molar-refractivity contribution in [1.82, 2.24) is 15.2 Å². The number of pyridine rings is 1. The number of hydrogen-bond donors (Lipinski definition) is 2. The number of aromatic nitrogens is 1. The molecule has 24 heavy (non-hydrogen) atoms. The van der Waals surface area contributed by atoms with E-state index in [1.807, 2.05) is 18.2 Å². The van der Waals surface area contributed by atoms with E-state index in [1.54, 1.807) is 6.20 Å². The van der Waals surface area contributed by atoms with Gasteiger partial charge in [0.05, 0.1) is 6.54 Å². The average molecular weight is 331 g/mol. The maximum Gasteiger partial charge on any atom is 0.251 e. The molecular formula is C18H25N3O3. The highest BCUT2D eigenvalue weighted by Crippen LogP contribution is 2.42. The van der Waals surface area contributed by atoms with Crippen LogP contribution in [0.15, 0.2) is 24.4 Å². The molecule has 2 N–H and O–H groups in total. The minimum Gasteiger partial charge on any atom is -0.383 e. The Hall–Kier alpha value is -1.95. The second-order valence-electron chi connectivity index (χ2n) is 6.90. The number of nitrogens with zero attached hydrogens (tertiary/aromatic N) is 2. The Balaban J connectivity index is 1.56. The van der Waals surface area contributed by atoms with Gasteiger partial charge in [0.15, 0.2) is 0 Å². The van der Waals surface area contributed by atoms with E-state index >= 15 is 0 Å². The summed E-state index contributed by atoms with van der Waals surface area (Å²) in [6.45, 7) is 1.11. The van der Waals surface area contributed by atoms with E-state index in [9.17, 15) is 14.7 Å². The zero-order valence-corrected chi connectivity index (χ0v) is 13.9. The lowest BCUT2D eigenvalue weighted by Gasteiger charge is -2.41. The molecule has 1 aliphatic heterocycles. The lowest BCUT2D eigenvalue weighted by Crippen LogP contribution is -2.49. The first-order valence-corrected chi connectivity index (χ1v) is 8.76. The number of amides is 2. The molecule has 1 saturated carbocycles. The van der Waals surface area contributed by atoms with Crippen LogP contribution in [0.3, 0.4) is 0 Å². The molecule has 130 valence electrons. The Labute approximate surface area is 142 Å². The van der Waals surface area contributed by atoms with Crippen LogP contribution < -0.4 is 5.32 Å². The molecule has 0 aromatic carbocycles. The monoisotopic (exact) mass is 331 g/mol. The fourth-order valence-corrected chi connectivity index (χ4v) is 3.54. The molecule has 1 aliphatic carbocycles. The Bertz CT molecular complexity index is 586. The summed E-state index contributed by atoms with van der Waals surface area (Å²) in [5.74, 6) is -0.495. The van der Waals surface area contributed by atoms with Crippen molar-refractivity contribution in [2.75, 3.05) is 19.6 Å². The largest absolute Gasteiger partial charge is 0.383 e. The van der Waals surface area contributed by atoms with Crippen LogP contribution in [0, 0.1) is 0 Å². The summed E-state index contributed by atoms with van der Waals surface area (Å²) in [6, 6.07) is 5.88. The zero-order chi connectivity index (χ0) is 17.0. The second kappa shape index (κ2) is 7.30. The lowest BCUT2D eigenvalue weighted by molar-refractivity contribution is -0.142. The molecule has 2 fully saturated rings. The molecule has 3 rings (SSSR count). The van der Waals surface area contributed by atoms with Crippen molar-refractivity contribution in [3.63, 3.8) is 0 Å². The number of nitrogens with one attached hydrogen (secondary N) is 1. The van der Waals surface area contributed by atoms with E-state index in [1.165, 1.54) is 4.90 Å². The third kappa shape index (κ3) is 3.59. The van der Waals surface area contributed by atoms with Gasteiger partial charge in [0.1, 0.15) is 6.10 Å². The van der Waals surface area contributed by atoms with Crippen LogP contribution in [-0.4, -0.2) is 52.5 Å². The van der Waals surface area contributed by atoms with Gasteiger partial charge in [0.25, 0.3) is 5.91 Å². The molecule has 1 aromatic rings. The Morgan fingerprint density at radius 2 is 2.17 bits per heavy atom. The molecule has 2 aliphatic rings.